The van der Waals surface area contributed by atoms with Crippen molar-refractivity contribution >= 4 is 18.9 Å². The Bertz CT molecular complexity index is 266. The maximum atomic E-state index is 10.2. The van der Waals surface area contributed by atoms with Gasteiger partial charge in [0.2, 0.25) is 0 Å². The first kappa shape index (κ1) is 10.3. The average molecular weight is 194 g/mol. The largest absolute Gasteiger partial charge is 0.303 e. The molecule has 1 aromatic carbocycles. The van der Waals surface area contributed by atoms with Gasteiger partial charge in [0.05, 0.1) is 0 Å². The number of carbonyl (C=O) groups excluding carboxylic acids is 1. The van der Waals surface area contributed by atoms with Crippen molar-refractivity contribution in [2.75, 3.05) is 0 Å². The second-order valence-corrected chi connectivity index (χ2v) is 3.75. The van der Waals surface area contributed by atoms with Gasteiger partial charge in [-0.3, -0.25) is 0 Å². The monoisotopic (exact) mass is 194 g/mol. The smallest absolute Gasteiger partial charge is 0.120 e. The second kappa shape index (κ2) is 5.07. The van der Waals surface area contributed by atoms with Gasteiger partial charge in [-0.25, -0.2) is 0 Å². The van der Waals surface area contributed by atoms with Crippen LogP contribution in [0.3, 0.4) is 0 Å². The van der Waals surface area contributed by atoms with Gasteiger partial charge in [0.15, 0.2) is 0 Å². The van der Waals surface area contributed by atoms with Gasteiger partial charge in [0.25, 0.3) is 0 Å². The van der Waals surface area contributed by atoms with Crippen LogP contribution in [0.25, 0.3) is 0 Å². The van der Waals surface area contributed by atoms with Crippen LogP contribution in [0.5, 0.6) is 0 Å². The fraction of sp³-hybridized carbons (Fsp3) is 0.364. The lowest BCUT2D eigenvalue weighted by atomic mass is 9.97. The van der Waals surface area contributed by atoms with E-state index in [1.165, 1.54) is 5.56 Å². The molecule has 0 aliphatic rings. The zero-order chi connectivity index (χ0) is 9.68. The maximum Gasteiger partial charge on any atom is 0.120 e. The molecular weight excluding hydrogens is 180 g/mol. The number of aldehydes is 1. The Morgan fingerprint density at radius 3 is 2.54 bits per heavy atom. The molecule has 2 heteroatoms. The number of rotatable bonds is 4. The summed E-state index contributed by atoms with van der Waals surface area (Å²) in [5.74, 6) is 0.458. The zero-order valence-electron chi connectivity index (χ0n) is 7.73. The Kier molecular flexibility index (Phi) is 4.03. The summed E-state index contributed by atoms with van der Waals surface area (Å²) in [5.41, 5.74) is 1.28. The van der Waals surface area contributed by atoms with Gasteiger partial charge >= 0.3 is 0 Å². The Morgan fingerprint density at radius 2 is 2.00 bits per heavy atom. The Morgan fingerprint density at radius 1 is 1.38 bits per heavy atom. The molecule has 0 spiro atoms. The van der Waals surface area contributed by atoms with Crippen molar-refractivity contribution < 1.29 is 4.79 Å². The van der Waals surface area contributed by atoms with Crippen molar-refractivity contribution in [1.29, 1.82) is 0 Å². The molecule has 1 nitrogen and oxygen atoms in total. The summed E-state index contributed by atoms with van der Waals surface area (Å²) in [6, 6.07) is 8.10. The van der Waals surface area contributed by atoms with Crippen LogP contribution in [0.4, 0.5) is 0 Å². The number of hydrogen-bond donors (Lipinski definition) is 1. The van der Waals surface area contributed by atoms with Crippen LogP contribution in [0.2, 0.25) is 0 Å². The Balaban J connectivity index is 2.60. The lowest BCUT2D eigenvalue weighted by Crippen LogP contribution is -1.93. The molecule has 0 aromatic heterocycles. The predicted molar refractivity (Wildman–Crippen MR) is 57.4 cm³/mol. The Labute approximate surface area is 84.6 Å². The molecule has 0 saturated heterocycles. The third-order valence-electron chi connectivity index (χ3n) is 2.18. The summed E-state index contributed by atoms with van der Waals surface area (Å²) in [7, 11) is 0. The summed E-state index contributed by atoms with van der Waals surface area (Å²) in [4.78, 5) is 11.2. The molecule has 1 aromatic rings. The normalized spacial score (nSPS) is 12.5. The summed E-state index contributed by atoms with van der Waals surface area (Å²) >= 11 is 4.21. The minimum atomic E-state index is 0.458. The molecule has 0 fully saturated rings. The molecule has 0 saturated carbocycles. The van der Waals surface area contributed by atoms with E-state index in [0.717, 1.165) is 17.6 Å². The first-order valence-electron chi connectivity index (χ1n) is 4.46. The van der Waals surface area contributed by atoms with E-state index < -0.39 is 0 Å². The number of benzene rings is 1. The number of hydrogen-bond acceptors (Lipinski definition) is 2. The van der Waals surface area contributed by atoms with E-state index >= 15 is 0 Å². The third kappa shape index (κ3) is 3.23. The lowest BCUT2D eigenvalue weighted by Gasteiger charge is -2.09. The van der Waals surface area contributed by atoms with Crippen molar-refractivity contribution in [2.45, 2.75) is 30.6 Å². The summed E-state index contributed by atoms with van der Waals surface area (Å²) < 4.78 is 0. The van der Waals surface area contributed by atoms with Crippen molar-refractivity contribution in [3.63, 3.8) is 0 Å². The first-order chi connectivity index (χ1) is 6.24. The quantitative estimate of drug-likeness (QED) is 0.576. The highest BCUT2D eigenvalue weighted by Crippen LogP contribution is 2.21. The summed E-state index contributed by atoms with van der Waals surface area (Å²) in [5, 5.41) is 0. The molecule has 1 atom stereocenters. The lowest BCUT2D eigenvalue weighted by molar-refractivity contribution is -0.108. The van der Waals surface area contributed by atoms with Crippen molar-refractivity contribution in [1.82, 2.24) is 0 Å². The molecular formula is C11H14OS. The molecule has 0 aliphatic heterocycles. The highest BCUT2D eigenvalue weighted by Gasteiger charge is 2.03. The maximum absolute atomic E-state index is 10.2. The van der Waals surface area contributed by atoms with Gasteiger partial charge in [0, 0.05) is 11.3 Å². The van der Waals surface area contributed by atoms with E-state index in [2.05, 4.69) is 31.7 Å². The van der Waals surface area contributed by atoms with Crippen LogP contribution in [0.15, 0.2) is 29.2 Å². The first-order valence-corrected chi connectivity index (χ1v) is 4.91. The molecule has 0 amide bonds. The molecule has 0 bridgehead atoms. The number of thiol groups is 1. The van der Waals surface area contributed by atoms with Crippen LogP contribution in [0.1, 0.15) is 31.2 Å². The van der Waals surface area contributed by atoms with E-state index in [-0.39, 0.29) is 0 Å². The molecule has 1 rings (SSSR count). The third-order valence-corrected chi connectivity index (χ3v) is 2.48. The zero-order valence-corrected chi connectivity index (χ0v) is 8.63. The fourth-order valence-corrected chi connectivity index (χ4v) is 1.44. The predicted octanol–water partition coefficient (Wildman–Crippen LogP) is 3.06. The summed E-state index contributed by atoms with van der Waals surface area (Å²) in [6.45, 7) is 2.14. The van der Waals surface area contributed by atoms with Gasteiger partial charge in [-0.15, -0.1) is 12.6 Å². The van der Waals surface area contributed by atoms with E-state index in [4.69, 9.17) is 0 Å². The molecule has 0 heterocycles. The van der Waals surface area contributed by atoms with Crippen molar-refractivity contribution in [2.24, 2.45) is 0 Å². The topological polar surface area (TPSA) is 17.1 Å². The van der Waals surface area contributed by atoms with Gasteiger partial charge in [-0.1, -0.05) is 19.1 Å². The van der Waals surface area contributed by atoms with E-state index in [0.29, 0.717) is 12.3 Å². The van der Waals surface area contributed by atoms with Crippen LogP contribution < -0.4 is 0 Å². The van der Waals surface area contributed by atoms with E-state index in [1.807, 2.05) is 12.1 Å². The number of carbonyl (C=O) groups is 1. The minimum absolute atomic E-state index is 0.458. The summed E-state index contributed by atoms with van der Waals surface area (Å²) in [6.07, 6.45) is 2.54. The average Bonchev–Trinajstić information content (AvgIpc) is 2.15. The molecule has 13 heavy (non-hydrogen) atoms. The molecule has 70 valence electrons. The van der Waals surface area contributed by atoms with Gasteiger partial charge in [0.1, 0.15) is 6.29 Å². The standard InChI is InChI=1S/C11H14OS/c1-9(3-2-8-12)10-4-6-11(13)7-5-10/h4-9,13H,2-3H2,1H3/t9-/m0/s1. The fourth-order valence-electron chi connectivity index (χ4n) is 1.29. The van der Waals surface area contributed by atoms with Crippen molar-refractivity contribution in [3.05, 3.63) is 29.8 Å². The SMILES string of the molecule is C[C@@H](CCC=O)c1ccc(S)cc1. The van der Waals surface area contributed by atoms with Crippen LogP contribution >= 0.6 is 12.6 Å². The molecule has 0 radical (unpaired) electrons. The van der Waals surface area contributed by atoms with Crippen LogP contribution in [-0.2, 0) is 4.79 Å². The van der Waals surface area contributed by atoms with Gasteiger partial charge < -0.3 is 4.79 Å². The van der Waals surface area contributed by atoms with Crippen LogP contribution in [0, 0.1) is 0 Å². The Hall–Kier alpha value is -0.760. The molecule has 0 unspecified atom stereocenters. The highest BCUT2D eigenvalue weighted by molar-refractivity contribution is 7.80. The second-order valence-electron chi connectivity index (χ2n) is 3.24. The van der Waals surface area contributed by atoms with Crippen molar-refractivity contribution in [3.8, 4) is 0 Å². The highest BCUT2D eigenvalue weighted by atomic mass is 32.1. The minimum Gasteiger partial charge on any atom is -0.303 e. The molecule has 0 aliphatic carbocycles. The van der Waals surface area contributed by atoms with Crippen LogP contribution in [-0.4, -0.2) is 6.29 Å². The van der Waals surface area contributed by atoms with E-state index in [9.17, 15) is 4.79 Å². The van der Waals surface area contributed by atoms with Gasteiger partial charge in [-0.05, 0) is 30.0 Å². The van der Waals surface area contributed by atoms with E-state index in [1.54, 1.807) is 0 Å². The van der Waals surface area contributed by atoms with Gasteiger partial charge in [-0.2, -0.15) is 0 Å². The molecule has 0 N–H and O–H groups in total.